The van der Waals surface area contributed by atoms with E-state index < -0.39 is 26.0 Å². The number of hydrogen-bond donors (Lipinski definition) is 2. The van der Waals surface area contributed by atoms with Gasteiger partial charge in [0.05, 0.1) is 22.0 Å². The molecule has 0 atom stereocenters. The predicted octanol–water partition coefficient (Wildman–Crippen LogP) is 4.06. The smallest absolute Gasteiger partial charge is 0.262 e. The molecule has 1 aliphatic heterocycles. The Hall–Kier alpha value is -3.37. The number of carbonyl (C=O) groups excluding carboxylic acids is 1. The number of benzene rings is 3. The third-order valence-corrected chi connectivity index (χ3v) is 9.34. The van der Waals surface area contributed by atoms with E-state index in [1.165, 1.54) is 23.8 Å². The SMILES string of the molecule is CCc1cccc2c1[nH]c1cc(NS(=O)(=O)c3cc(N4C(=O)CCS4(=O)=O)ccc3C)ccc12. The van der Waals surface area contributed by atoms with Crippen molar-refractivity contribution in [1.82, 2.24) is 4.98 Å². The Labute approximate surface area is 197 Å². The fourth-order valence-electron chi connectivity index (χ4n) is 4.43. The van der Waals surface area contributed by atoms with Crippen LogP contribution in [-0.2, 0) is 31.3 Å². The maximum absolute atomic E-state index is 13.3. The van der Waals surface area contributed by atoms with Crippen LogP contribution in [0.15, 0.2) is 59.5 Å². The van der Waals surface area contributed by atoms with E-state index in [-0.39, 0.29) is 22.8 Å². The summed E-state index contributed by atoms with van der Waals surface area (Å²) in [6.07, 6.45) is 0.745. The molecule has 0 spiro atoms. The van der Waals surface area contributed by atoms with Gasteiger partial charge in [0.2, 0.25) is 15.9 Å². The number of nitrogens with zero attached hydrogens (tertiary/aromatic N) is 1. The summed E-state index contributed by atoms with van der Waals surface area (Å²) in [5.41, 5.74) is 3.82. The van der Waals surface area contributed by atoms with Gasteiger partial charge >= 0.3 is 0 Å². The maximum Gasteiger partial charge on any atom is 0.262 e. The first-order chi connectivity index (χ1) is 16.1. The average Bonchev–Trinajstić information content (AvgIpc) is 3.29. The van der Waals surface area contributed by atoms with Gasteiger partial charge in [0.25, 0.3) is 10.0 Å². The summed E-state index contributed by atoms with van der Waals surface area (Å²) in [5.74, 6) is -0.861. The molecule has 0 bridgehead atoms. The molecule has 8 nitrogen and oxygen atoms in total. The summed E-state index contributed by atoms with van der Waals surface area (Å²) in [6, 6.07) is 15.6. The van der Waals surface area contributed by atoms with Crippen molar-refractivity contribution in [3.63, 3.8) is 0 Å². The van der Waals surface area contributed by atoms with E-state index in [4.69, 9.17) is 0 Å². The first-order valence-corrected chi connectivity index (χ1v) is 13.9. The van der Waals surface area contributed by atoms with E-state index in [0.717, 1.165) is 28.2 Å². The summed E-state index contributed by atoms with van der Waals surface area (Å²) < 4.78 is 54.4. The van der Waals surface area contributed by atoms with Crippen LogP contribution in [0.25, 0.3) is 21.8 Å². The highest BCUT2D eigenvalue weighted by molar-refractivity contribution is 7.94. The summed E-state index contributed by atoms with van der Waals surface area (Å²) >= 11 is 0. The minimum Gasteiger partial charge on any atom is -0.354 e. The summed E-state index contributed by atoms with van der Waals surface area (Å²) in [5, 5.41) is 2.06. The van der Waals surface area contributed by atoms with E-state index in [1.54, 1.807) is 19.1 Å². The van der Waals surface area contributed by atoms with Crippen LogP contribution in [0, 0.1) is 6.92 Å². The lowest BCUT2D eigenvalue weighted by Gasteiger charge is -2.17. The fourth-order valence-corrected chi connectivity index (χ4v) is 7.20. The molecule has 1 amide bonds. The molecule has 0 unspecified atom stereocenters. The van der Waals surface area contributed by atoms with Crippen LogP contribution in [0.1, 0.15) is 24.5 Å². The van der Waals surface area contributed by atoms with Crippen LogP contribution in [0.2, 0.25) is 0 Å². The minimum absolute atomic E-state index is 0.0200. The number of carbonyl (C=O) groups is 1. The van der Waals surface area contributed by atoms with Crippen molar-refractivity contribution in [3.8, 4) is 0 Å². The number of hydrogen-bond acceptors (Lipinski definition) is 5. The van der Waals surface area contributed by atoms with E-state index >= 15 is 0 Å². The van der Waals surface area contributed by atoms with E-state index in [1.807, 2.05) is 18.2 Å². The largest absolute Gasteiger partial charge is 0.354 e. The minimum atomic E-state index is -4.06. The molecule has 0 aliphatic carbocycles. The number of amides is 1. The van der Waals surface area contributed by atoms with Crippen LogP contribution in [0.4, 0.5) is 11.4 Å². The Bertz CT molecular complexity index is 1690. The maximum atomic E-state index is 13.3. The quantitative estimate of drug-likeness (QED) is 0.431. The lowest BCUT2D eigenvalue weighted by molar-refractivity contribution is -0.116. The zero-order chi connectivity index (χ0) is 24.3. The predicted molar refractivity (Wildman–Crippen MR) is 133 cm³/mol. The number of para-hydroxylation sites is 1. The van der Waals surface area contributed by atoms with Gasteiger partial charge in [0.15, 0.2) is 0 Å². The van der Waals surface area contributed by atoms with Gasteiger partial charge < -0.3 is 4.98 Å². The highest BCUT2D eigenvalue weighted by atomic mass is 32.2. The van der Waals surface area contributed by atoms with Crippen molar-refractivity contribution in [2.24, 2.45) is 0 Å². The van der Waals surface area contributed by atoms with E-state index in [2.05, 4.69) is 22.7 Å². The number of rotatable bonds is 5. The molecule has 3 aromatic carbocycles. The van der Waals surface area contributed by atoms with Gasteiger partial charge in [-0.05, 0) is 48.7 Å². The first-order valence-electron chi connectivity index (χ1n) is 10.8. The van der Waals surface area contributed by atoms with Crippen molar-refractivity contribution >= 4 is 59.1 Å². The third-order valence-electron chi connectivity index (χ3n) is 6.13. The highest BCUT2D eigenvalue weighted by Crippen LogP contribution is 2.32. The molecule has 5 rings (SSSR count). The van der Waals surface area contributed by atoms with Gasteiger partial charge in [-0.15, -0.1) is 0 Å². The molecule has 1 aliphatic rings. The van der Waals surface area contributed by atoms with Crippen LogP contribution in [0.3, 0.4) is 0 Å². The van der Waals surface area contributed by atoms with Crippen LogP contribution in [-0.4, -0.2) is 33.5 Å². The Morgan fingerprint density at radius 1 is 1.06 bits per heavy atom. The van der Waals surface area contributed by atoms with Crippen molar-refractivity contribution < 1.29 is 21.6 Å². The second kappa shape index (κ2) is 7.85. The zero-order valence-electron chi connectivity index (χ0n) is 18.6. The Morgan fingerprint density at radius 3 is 2.56 bits per heavy atom. The first kappa shape index (κ1) is 22.4. The highest BCUT2D eigenvalue weighted by Gasteiger charge is 2.37. The van der Waals surface area contributed by atoms with Crippen LogP contribution >= 0.6 is 0 Å². The van der Waals surface area contributed by atoms with Gasteiger partial charge in [-0.3, -0.25) is 9.52 Å². The van der Waals surface area contributed by atoms with Crippen LogP contribution in [0.5, 0.6) is 0 Å². The lowest BCUT2D eigenvalue weighted by atomic mass is 10.1. The molecule has 34 heavy (non-hydrogen) atoms. The van der Waals surface area contributed by atoms with E-state index in [9.17, 15) is 21.6 Å². The van der Waals surface area contributed by atoms with Gasteiger partial charge in [0.1, 0.15) is 0 Å². The van der Waals surface area contributed by atoms with Gasteiger partial charge in [-0.1, -0.05) is 37.3 Å². The number of aromatic amines is 1. The molecular formula is C24H23N3O5S2. The molecule has 2 N–H and O–H groups in total. The second-order valence-electron chi connectivity index (χ2n) is 8.36. The number of fused-ring (bicyclic) bond motifs is 3. The normalized spacial score (nSPS) is 15.9. The number of anilines is 2. The standard InChI is InChI=1S/C24H23N3O5S2/c1-3-16-5-4-6-20-19-10-8-17(13-21(19)25-24(16)20)26-34(31,32)22-14-18(9-7-15(22)2)27-23(28)11-12-33(27,29)30/h4-10,13-14,25-26H,3,11-12H2,1-2H3. The molecule has 10 heteroatoms. The number of aromatic nitrogens is 1. The summed E-state index contributed by atoms with van der Waals surface area (Å²) in [4.78, 5) is 15.4. The molecule has 1 fully saturated rings. The number of sulfonamides is 2. The molecule has 0 saturated carbocycles. The second-order valence-corrected chi connectivity index (χ2v) is 11.9. The third kappa shape index (κ3) is 3.63. The molecular weight excluding hydrogens is 474 g/mol. The summed E-state index contributed by atoms with van der Waals surface area (Å²) in [7, 11) is -7.86. The number of H-pyrrole nitrogens is 1. The Morgan fingerprint density at radius 2 is 1.85 bits per heavy atom. The molecule has 176 valence electrons. The molecule has 4 aromatic rings. The lowest BCUT2D eigenvalue weighted by Crippen LogP contribution is -2.29. The monoisotopic (exact) mass is 497 g/mol. The number of nitrogens with one attached hydrogen (secondary N) is 2. The van der Waals surface area contributed by atoms with Crippen molar-refractivity contribution in [3.05, 3.63) is 65.7 Å². The molecule has 1 saturated heterocycles. The van der Waals surface area contributed by atoms with Crippen LogP contribution < -0.4 is 9.03 Å². The Balaban J connectivity index is 1.54. The summed E-state index contributed by atoms with van der Waals surface area (Å²) in [6.45, 7) is 3.70. The fraction of sp³-hybridized carbons (Fsp3) is 0.208. The number of aryl methyl sites for hydroxylation is 2. The topological polar surface area (TPSA) is 116 Å². The zero-order valence-corrected chi connectivity index (χ0v) is 20.3. The molecule has 0 radical (unpaired) electrons. The van der Waals surface area contributed by atoms with Gasteiger partial charge in [-0.25, -0.2) is 21.1 Å². The van der Waals surface area contributed by atoms with Crippen molar-refractivity contribution in [2.75, 3.05) is 14.8 Å². The van der Waals surface area contributed by atoms with Crippen molar-refractivity contribution in [2.45, 2.75) is 31.6 Å². The van der Waals surface area contributed by atoms with Gasteiger partial charge in [0, 0.05) is 28.2 Å². The van der Waals surface area contributed by atoms with Gasteiger partial charge in [-0.2, -0.15) is 0 Å². The van der Waals surface area contributed by atoms with E-state index in [0.29, 0.717) is 15.6 Å². The molecule has 2 heterocycles. The molecule has 1 aromatic heterocycles. The average molecular weight is 498 g/mol. The Kier molecular flexibility index (Phi) is 5.18. The van der Waals surface area contributed by atoms with Crippen molar-refractivity contribution in [1.29, 1.82) is 0 Å².